The lowest BCUT2D eigenvalue weighted by atomic mass is 10.0. The van der Waals surface area contributed by atoms with Gasteiger partial charge in [-0.15, -0.1) is 0 Å². The maximum Gasteiger partial charge on any atom is 0.416 e. The number of H-pyrrole nitrogens is 1. The predicted molar refractivity (Wildman–Crippen MR) is 123 cm³/mol. The predicted octanol–water partition coefficient (Wildman–Crippen LogP) is 5.44. The molecule has 1 heterocycles. The van der Waals surface area contributed by atoms with Gasteiger partial charge in [-0.1, -0.05) is 66.7 Å². The van der Waals surface area contributed by atoms with Crippen LogP contribution in [-0.2, 0) is 6.18 Å². The van der Waals surface area contributed by atoms with E-state index in [1.807, 2.05) is 12.1 Å². The number of nitriles is 1. The van der Waals surface area contributed by atoms with Crippen molar-refractivity contribution in [2.45, 2.75) is 6.18 Å². The molecule has 0 unspecified atom stereocenters. The van der Waals surface area contributed by atoms with Crippen LogP contribution < -0.4 is 11.0 Å². The maximum absolute atomic E-state index is 12.7. The Bertz CT molecular complexity index is 1420. The minimum absolute atomic E-state index is 0.0699. The van der Waals surface area contributed by atoms with Crippen LogP contribution in [-0.4, -0.2) is 16.2 Å². The van der Waals surface area contributed by atoms with Crippen molar-refractivity contribution in [2.24, 2.45) is 5.10 Å². The molecular formula is C25H16F3N5O. The quantitative estimate of drug-likeness (QED) is 0.307. The zero-order valence-electron chi connectivity index (χ0n) is 17.5. The van der Waals surface area contributed by atoms with Crippen LogP contribution in [0.1, 0.15) is 16.7 Å². The van der Waals surface area contributed by atoms with E-state index in [2.05, 4.69) is 20.5 Å². The number of nitrogens with one attached hydrogen (secondary N) is 2. The first-order valence-electron chi connectivity index (χ1n) is 10.0. The molecule has 4 rings (SSSR count). The Kier molecular flexibility index (Phi) is 6.23. The molecule has 34 heavy (non-hydrogen) atoms. The highest BCUT2D eigenvalue weighted by Crippen LogP contribution is 2.31. The smallest absolute Gasteiger partial charge is 0.290 e. The van der Waals surface area contributed by atoms with Gasteiger partial charge in [0.05, 0.1) is 17.5 Å². The van der Waals surface area contributed by atoms with Gasteiger partial charge < -0.3 is 0 Å². The van der Waals surface area contributed by atoms with Gasteiger partial charge in [-0.3, -0.25) is 9.78 Å². The molecule has 6 nitrogen and oxygen atoms in total. The summed E-state index contributed by atoms with van der Waals surface area (Å²) >= 11 is 0. The lowest BCUT2D eigenvalue weighted by molar-refractivity contribution is -0.137. The van der Waals surface area contributed by atoms with Crippen LogP contribution >= 0.6 is 0 Å². The molecule has 3 aromatic carbocycles. The van der Waals surface area contributed by atoms with Crippen molar-refractivity contribution in [1.29, 1.82) is 5.26 Å². The summed E-state index contributed by atoms with van der Waals surface area (Å²) in [6, 6.07) is 22.7. The van der Waals surface area contributed by atoms with Gasteiger partial charge in [-0.25, -0.2) is 10.4 Å². The zero-order valence-corrected chi connectivity index (χ0v) is 17.5. The van der Waals surface area contributed by atoms with Crippen LogP contribution in [0.3, 0.4) is 0 Å². The summed E-state index contributed by atoms with van der Waals surface area (Å²) < 4.78 is 38.2. The Morgan fingerprint density at radius 1 is 0.912 bits per heavy atom. The number of nitrogens with zero attached hydrogens (tertiary/aromatic N) is 3. The van der Waals surface area contributed by atoms with E-state index < -0.39 is 17.3 Å². The molecule has 0 aliphatic carbocycles. The number of alkyl halides is 3. The lowest BCUT2D eigenvalue weighted by Gasteiger charge is -2.08. The second-order valence-electron chi connectivity index (χ2n) is 7.18. The van der Waals surface area contributed by atoms with E-state index in [0.717, 1.165) is 17.7 Å². The van der Waals surface area contributed by atoms with Crippen LogP contribution in [0.5, 0.6) is 0 Å². The van der Waals surface area contributed by atoms with Crippen LogP contribution in [0, 0.1) is 11.3 Å². The normalized spacial score (nSPS) is 11.4. The highest BCUT2D eigenvalue weighted by atomic mass is 19.4. The van der Waals surface area contributed by atoms with Crippen LogP contribution in [0.25, 0.3) is 22.4 Å². The van der Waals surface area contributed by atoms with E-state index >= 15 is 0 Å². The molecule has 168 valence electrons. The monoisotopic (exact) mass is 459 g/mol. The van der Waals surface area contributed by atoms with Gasteiger partial charge in [0, 0.05) is 5.56 Å². The van der Waals surface area contributed by atoms with Gasteiger partial charge in [-0.2, -0.15) is 23.5 Å². The Morgan fingerprint density at radius 3 is 2.12 bits per heavy atom. The second kappa shape index (κ2) is 9.42. The number of benzene rings is 3. The number of aromatic nitrogens is 2. The number of hydrogen-bond acceptors (Lipinski definition) is 5. The second-order valence-corrected chi connectivity index (χ2v) is 7.18. The SMILES string of the molecule is N#Cc1c(-c2ccccc2)nc(NN=Cc2ccc(-c3ccc(C(F)(F)F)cc3)cc2)[nH]c1=O. The highest BCUT2D eigenvalue weighted by molar-refractivity contribution is 5.81. The van der Waals surface area contributed by atoms with Crippen molar-refractivity contribution in [3.63, 3.8) is 0 Å². The minimum Gasteiger partial charge on any atom is -0.290 e. The molecule has 0 aliphatic rings. The highest BCUT2D eigenvalue weighted by Gasteiger charge is 2.29. The molecular weight excluding hydrogens is 443 g/mol. The summed E-state index contributed by atoms with van der Waals surface area (Å²) in [7, 11) is 0. The van der Waals surface area contributed by atoms with Crippen molar-refractivity contribution in [1.82, 2.24) is 9.97 Å². The number of anilines is 1. The van der Waals surface area contributed by atoms with Crippen molar-refractivity contribution >= 4 is 12.2 Å². The topological polar surface area (TPSA) is 93.9 Å². The third-order valence-corrected chi connectivity index (χ3v) is 4.92. The number of hydrazone groups is 1. The zero-order chi connectivity index (χ0) is 24.1. The fourth-order valence-corrected chi connectivity index (χ4v) is 3.22. The summed E-state index contributed by atoms with van der Waals surface area (Å²) in [4.78, 5) is 19.0. The van der Waals surface area contributed by atoms with Gasteiger partial charge in [0.2, 0.25) is 5.95 Å². The number of hydrogen-bond donors (Lipinski definition) is 2. The maximum atomic E-state index is 12.7. The summed E-state index contributed by atoms with van der Waals surface area (Å²) in [5.74, 6) is 0.0699. The third-order valence-electron chi connectivity index (χ3n) is 4.92. The molecule has 0 aliphatic heterocycles. The molecule has 0 saturated carbocycles. The van der Waals surface area contributed by atoms with Crippen molar-refractivity contribution in [3.8, 4) is 28.5 Å². The molecule has 0 bridgehead atoms. The third kappa shape index (κ3) is 5.02. The van der Waals surface area contributed by atoms with Gasteiger partial charge >= 0.3 is 6.18 Å². The Balaban J connectivity index is 1.49. The summed E-state index contributed by atoms with van der Waals surface area (Å²) in [6.07, 6.45) is -2.88. The molecule has 9 heteroatoms. The molecule has 0 fully saturated rings. The van der Waals surface area contributed by atoms with Gasteiger partial charge in [-0.05, 0) is 28.8 Å². The first kappa shape index (κ1) is 22.5. The lowest BCUT2D eigenvalue weighted by Crippen LogP contribution is -2.16. The standard InChI is InChI=1S/C25H16F3N5O/c26-25(27,28)20-12-10-18(11-13-20)17-8-6-16(7-9-17)15-30-33-24-31-22(19-4-2-1-3-5-19)21(14-29)23(34)32-24/h1-13,15H,(H2,31,32,33,34). The van der Waals surface area contributed by atoms with E-state index in [9.17, 15) is 23.2 Å². The van der Waals surface area contributed by atoms with E-state index in [0.29, 0.717) is 16.7 Å². The van der Waals surface area contributed by atoms with E-state index in [1.54, 1.807) is 48.5 Å². The molecule has 0 radical (unpaired) electrons. The van der Waals surface area contributed by atoms with E-state index in [4.69, 9.17) is 0 Å². The molecule has 0 saturated heterocycles. The van der Waals surface area contributed by atoms with Crippen LogP contribution in [0.15, 0.2) is 88.8 Å². The summed E-state index contributed by atoms with van der Waals surface area (Å²) in [5, 5.41) is 13.4. The largest absolute Gasteiger partial charge is 0.416 e. The molecule has 4 aromatic rings. The number of aromatic amines is 1. The Morgan fingerprint density at radius 2 is 1.53 bits per heavy atom. The van der Waals surface area contributed by atoms with Crippen molar-refractivity contribution < 1.29 is 13.2 Å². The molecule has 2 N–H and O–H groups in total. The Hall–Kier alpha value is -4.71. The average molecular weight is 459 g/mol. The molecule has 0 spiro atoms. The summed E-state index contributed by atoms with van der Waals surface area (Å²) in [6.45, 7) is 0. The fourth-order valence-electron chi connectivity index (χ4n) is 3.22. The molecule has 0 amide bonds. The van der Waals surface area contributed by atoms with Crippen molar-refractivity contribution in [3.05, 3.63) is 106 Å². The van der Waals surface area contributed by atoms with E-state index in [1.165, 1.54) is 18.3 Å². The first-order chi connectivity index (χ1) is 16.3. The van der Waals surface area contributed by atoms with Gasteiger partial charge in [0.25, 0.3) is 5.56 Å². The average Bonchev–Trinajstić information content (AvgIpc) is 2.84. The van der Waals surface area contributed by atoms with Gasteiger partial charge in [0.15, 0.2) is 0 Å². The molecule has 0 atom stereocenters. The minimum atomic E-state index is -4.37. The first-order valence-corrected chi connectivity index (χ1v) is 10.0. The molecule has 1 aromatic heterocycles. The van der Waals surface area contributed by atoms with Crippen LogP contribution in [0.4, 0.5) is 19.1 Å². The number of rotatable bonds is 5. The van der Waals surface area contributed by atoms with Gasteiger partial charge in [0.1, 0.15) is 11.6 Å². The fraction of sp³-hybridized carbons (Fsp3) is 0.0400. The number of halogens is 3. The van der Waals surface area contributed by atoms with Crippen LogP contribution in [0.2, 0.25) is 0 Å². The Labute approximate surface area is 192 Å². The van der Waals surface area contributed by atoms with Crippen molar-refractivity contribution in [2.75, 3.05) is 5.43 Å². The summed E-state index contributed by atoms with van der Waals surface area (Å²) in [5.41, 5.74) is 4.25. The van der Waals surface area contributed by atoms with E-state index in [-0.39, 0.29) is 17.2 Å².